The summed E-state index contributed by atoms with van der Waals surface area (Å²) in [6.07, 6.45) is 9.97. The van der Waals surface area contributed by atoms with Crippen LogP contribution in [0.4, 0.5) is 0 Å². The molecule has 106 valence electrons. The summed E-state index contributed by atoms with van der Waals surface area (Å²) < 4.78 is 0. The minimum atomic E-state index is 0.314. The maximum atomic E-state index is 2.78. The van der Waals surface area contributed by atoms with Gasteiger partial charge in [-0.05, 0) is 73.0 Å². The molecule has 0 radical (unpaired) electrons. The highest BCUT2D eigenvalue weighted by Gasteiger charge is 2.32. The summed E-state index contributed by atoms with van der Waals surface area (Å²) in [7, 11) is 2.32. The van der Waals surface area contributed by atoms with E-state index in [1.807, 2.05) is 0 Å². The van der Waals surface area contributed by atoms with Gasteiger partial charge in [0.25, 0.3) is 0 Å². The molecule has 1 aliphatic carbocycles. The Bertz CT molecular complexity index is 250. The van der Waals surface area contributed by atoms with Crippen LogP contribution in [0.1, 0.15) is 65.7 Å². The van der Waals surface area contributed by atoms with Crippen LogP contribution in [0.3, 0.4) is 0 Å². The van der Waals surface area contributed by atoms with Gasteiger partial charge in [-0.2, -0.15) is 0 Å². The Kier molecular flexibility index (Phi) is 4.71. The summed E-state index contributed by atoms with van der Waals surface area (Å²) in [5, 5.41) is 0. The summed E-state index contributed by atoms with van der Waals surface area (Å²) in [6.45, 7) is 9.75. The molecule has 0 spiro atoms. The van der Waals surface area contributed by atoms with Gasteiger partial charge >= 0.3 is 0 Å². The Hall–Kier alpha value is -0.0800. The molecule has 2 aliphatic rings. The standard InChI is InChI=1S/C16H32N2/c1-16(2,3)17(4)14-9-8-10-15(13-14)18-11-6-5-7-12-18/h14-15H,5-13H2,1-4H3/t14-,15-/m1/s1. The molecule has 0 N–H and O–H groups in total. The van der Waals surface area contributed by atoms with Crippen molar-refractivity contribution in [2.45, 2.75) is 83.3 Å². The van der Waals surface area contributed by atoms with Crippen LogP contribution in [0.2, 0.25) is 0 Å². The number of rotatable bonds is 2. The molecule has 1 saturated carbocycles. The second-order valence-corrected chi connectivity index (χ2v) is 7.35. The molecule has 0 bridgehead atoms. The van der Waals surface area contributed by atoms with Gasteiger partial charge in [0.1, 0.15) is 0 Å². The van der Waals surface area contributed by atoms with E-state index in [9.17, 15) is 0 Å². The van der Waals surface area contributed by atoms with E-state index in [0.29, 0.717) is 5.54 Å². The summed E-state index contributed by atoms with van der Waals surface area (Å²) >= 11 is 0. The largest absolute Gasteiger partial charge is 0.300 e. The van der Waals surface area contributed by atoms with Crippen LogP contribution in [-0.2, 0) is 0 Å². The average molecular weight is 252 g/mol. The highest BCUT2D eigenvalue weighted by atomic mass is 15.2. The number of piperidine rings is 1. The smallest absolute Gasteiger partial charge is 0.0124 e. The molecule has 18 heavy (non-hydrogen) atoms. The Morgan fingerprint density at radius 3 is 2.22 bits per heavy atom. The van der Waals surface area contributed by atoms with Crippen LogP contribution in [0, 0.1) is 0 Å². The zero-order valence-electron chi connectivity index (χ0n) is 12.9. The zero-order valence-corrected chi connectivity index (χ0v) is 12.9. The lowest BCUT2D eigenvalue weighted by Crippen LogP contribution is -2.51. The first kappa shape index (κ1) is 14.3. The van der Waals surface area contributed by atoms with E-state index in [1.165, 1.54) is 58.0 Å². The summed E-state index contributed by atoms with van der Waals surface area (Å²) in [4.78, 5) is 5.40. The molecule has 2 fully saturated rings. The fraction of sp³-hybridized carbons (Fsp3) is 1.00. The topological polar surface area (TPSA) is 6.48 Å². The number of hydrogen-bond acceptors (Lipinski definition) is 2. The van der Waals surface area contributed by atoms with Crippen molar-refractivity contribution in [1.29, 1.82) is 0 Å². The normalized spacial score (nSPS) is 31.8. The van der Waals surface area contributed by atoms with Crippen LogP contribution in [-0.4, -0.2) is 47.6 Å². The predicted molar refractivity (Wildman–Crippen MR) is 79.0 cm³/mol. The fourth-order valence-corrected chi connectivity index (χ4v) is 3.65. The highest BCUT2D eigenvalue weighted by Crippen LogP contribution is 2.30. The van der Waals surface area contributed by atoms with Crippen LogP contribution < -0.4 is 0 Å². The molecule has 1 heterocycles. The van der Waals surface area contributed by atoms with E-state index in [2.05, 4.69) is 37.6 Å². The van der Waals surface area contributed by atoms with Gasteiger partial charge in [-0.25, -0.2) is 0 Å². The SMILES string of the molecule is CN([C@@H]1CCC[C@@H](N2CCCCC2)C1)C(C)(C)C. The Labute approximate surface area is 114 Å². The van der Waals surface area contributed by atoms with Gasteiger partial charge in [-0.1, -0.05) is 12.8 Å². The monoisotopic (exact) mass is 252 g/mol. The molecule has 2 atom stereocenters. The van der Waals surface area contributed by atoms with Gasteiger partial charge < -0.3 is 4.90 Å². The molecule has 0 amide bonds. The van der Waals surface area contributed by atoms with Crippen molar-refractivity contribution < 1.29 is 0 Å². The fourth-order valence-electron chi connectivity index (χ4n) is 3.65. The Morgan fingerprint density at radius 2 is 1.61 bits per heavy atom. The molecule has 0 aromatic carbocycles. The van der Waals surface area contributed by atoms with E-state index >= 15 is 0 Å². The molecular weight excluding hydrogens is 220 g/mol. The number of likely N-dealkylation sites (tertiary alicyclic amines) is 1. The van der Waals surface area contributed by atoms with E-state index < -0.39 is 0 Å². The van der Waals surface area contributed by atoms with Gasteiger partial charge in [-0.3, -0.25) is 4.90 Å². The van der Waals surface area contributed by atoms with Crippen molar-refractivity contribution in [3.8, 4) is 0 Å². The second-order valence-electron chi connectivity index (χ2n) is 7.35. The van der Waals surface area contributed by atoms with E-state index in [1.54, 1.807) is 0 Å². The van der Waals surface area contributed by atoms with Gasteiger partial charge in [0.05, 0.1) is 0 Å². The van der Waals surface area contributed by atoms with Crippen molar-refractivity contribution in [3.05, 3.63) is 0 Å². The zero-order chi connectivity index (χ0) is 13.2. The molecular formula is C16H32N2. The number of nitrogens with zero attached hydrogens (tertiary/aromatic N) is 2. The first-order valence-corrected chi connectivity index (χ1v) is 7.95. The van der Waals surface area contributed by atoms with Crippen molar-refractivity contribution >= 4 is 0 Å². The first-order valence-electron chi connectivity index (χ1n) is 7.95. The minimum Gasteiger partial charge on any atom is -0.300 e. The molecule has 1 saturated heterocycles. The van der Waals surface area contributed by atoms with Gasteiger partial charge in [0.2, 0.25) is 0 Å². The molecule has 2 nitrogen and oxygen atoms in total. The van der Waals surface area contributed by atoms with Crippen molar-refractivity contribution in [1.82, 2.24) is 9.80 Å². The Balaban J connectivity index is 1.91. The third-order valence-electron chi connectivity index (χ3n) is 5.13. The predicted octanol–water partition coefficient (Wildman–Crippen LogP) is 3.51. The van der Waals surface area contributed by atoms with Gasteiger partial charge in [0, 0.05) is 17.6 Å². The highest BCUT2D eigenvalue weighted by molar-refractivity contribution is 4.89. The lowest BCUT2D eigenvalue weighted by atomic mass is 9.86. The third-order valence-corrected chi connectivity index (χ3v) is 5.13. The average Bonchev–Trinajstić information content (AvgIpc) is 2.38. The minimum absolute atomic E-state index is 0.314. The van der Waals surface area contributed by atoms with Crippen molar-refractivity contribution in [3.63, 3.8) is 0 Å². The van der Waals surface area contributed by atoms with Crippen molar-refractivity contribution in [2.24, 2.45) is 0 Å². The van der Waals surface area contributed by atoms with Crippen LogP contribution in [0.5, 0.6) is 0 Å². The van der Waals surface area contributed by atoms with Crippen LogP contribution in [0.15, 0.2) is 0 Å². The second kappa shape index (κ2) is 5.92. The third kappa shape index (κ3) is 3.48. The summed E-state index contributed by atoms with van der Waals surface area (Å²) in [5.74, 6) is 0. The maximum absolute atomic E-state index is 2.78. The molecule has 0 unspecified atom stereocenters. The quantitative estimate of drug-likeness (QED) is 0.742. The summed E-state index contributed by atoms with van der Waals surface area (Å²) in [5.41, 5.74) is 0.314. The lowest BCUT2D eigenvalue weighted by Gasteiger charge is -2.45. The van der Waals surface area contributed by atoms with Crippen LogP contribution >= 0.6 is 0 Å². The van der Waals surface area contributed by atoms with Gasteiger partial charge in [0.15, 0.2) is 0 Å². The van der Waals surface area contributed by atoms with Crippen molar-refractivity contribution in [2.75, 3.05) is 20.1 Å². The van der Waals surface area contributed by atoms with Gasteiger partial charge in [-0.15, -0.1) is 0 Å². The molecule has 0 aromatic heterocycles. The molecule has 2 heteroatoms. The van der Waals surface area contributed by atoms with E-state index in [0.717, 1.165) is 12.1 Å². The van der Waals surface area contributed by atoms with Crippen LogP contribution in [0.25, 0.3) is 0 Å². The van der Waals surface area contributed by atoms with E-state index in [4.69, 9.17) is 0 Å². The molecule has 0 aromatic rings. The molecule has 1 aliphatic heterocycles. The first-order chi connectivity index (χ1) is 8.48. The number of hydrogen-bond donors (Lipinski definition) is 0. The lowest BCUT2D eigenvalue weighted by molar-refractivity contribution is 0.0444. The Morgan fingerprint density at radius 1 is 0.944 bits per heavy atom. The summed E-state index contributed by atoms with van der Waals surface area (Å²) in [6, 6.07) is 1.67. The maximum Gasteiger partial charge on any atom is 0.0124 e. The molecule has 2 rings (SSSR count). The van der Waals surface area contributed by atoms with E-state index in [-0.39, 0.29) is 0 Å².